The fraction of sp³-hybridized carbons (Fsp3) is 0.357. The van der Waals surface area contributed by atoms with Crippen LogP contribution in [0.4, 0.5) is 0 Å². The quantitative estimate of drug-likeness (QED) is 0.698. The maximum absolute atomic E-state index is 11.9. The van der Waals surface area contributed by atoms with Gasteiger partial charge < -0.3 is 9.47 Å². The van der Waals surface area contributed by atoms with E-state index in [9.17, 15) is 4.79 Å². The maximum Gasteiger partial charge on any atom is 0.338 e. The molecule has 0 amide bonds. The van der Waals surface area contributed by atoms with Crippen molar-refractivity contribution >= 4 is 12.0 Å². The molecule has 1 aromatic carbocycles. The first-order chi connectivity index (χ1) is 7.96. The van der Waals surface area contributed by atoms with Crippen molar-refractivity contribution in [3.05, 3.63) is 35.4 Å². The van der Waals surface area contributed by atoms with E-state index >= 15 is 0 Å². The molecule has 1 aromatic rings. The van der Waals surface area contributed by atoms with Gasteiger partial charge in [0.1, 0.15) is 18.0 Å². The average molecular weight is 232 g/mol. The average Bonchev–Trinajstić information content (AvgIpc) is 2.26. The molecule has 0 fully saturated rings. The van der Waals surface area contributed by atoms with E-state index in [1.807, 2.05) is 32.9 Å². The number of carbonyl (C=O) groups is 1. The van der Waals surface area contributed by atoms with Gasteiger partial charge in [0.05, 0.1) is 5.56 Å². The van der Waals surface area contributed by atoms with Gasteiger partial charge in [-0.3, -0.25) is 0 Å². The number of rotatable bonds is 1. The fourth-order valence-electron chi connectivity index (χ4n) is 1.59. The van der Waals surface area contributed by atoms with Gasteiger partial charge in [-0.25, -0.2) is 4.79 Å². The summed E-state index contributed by atoms with van der Waals surface area (Å²) in [6, 6.07) is 5.32. The summed E-state index contributed by atoms with van der Waals surface area (Å²) in [5.74, 6) is 0.499. The van der Waals surface area contributed by atoms with E-state index in [2.05, 4.69) is 0 Å². The first-order valence-electron chi connectivity index (χ1n) is 5.62. The van der Waals surface area contributed by atoms with E-state index in [1.54, 1.807) is 18.2 Å². The normalized spacial score (nSPS) is 13.8. The minimum absolute atomic E-state index is 0.306. The highest BCUT2D eigenvalue weighted by Gasteiger charge is 2.19. The van der Waals surface area contributed by atoms with Crippen LogP contribution in [-0.4, -0.2) is 18.2 Å². The Morgan fingerprint density at radius 2 is 2.12 bits per heavy atom. The molecule has 0 saturated carbocycles. The molecule has 1 aliphatic heterocycles. The molecule has 0 atom stereocenters. The third kappa shape index (κ3) is 2.87. The Morgan fingerprint density at radius 3 is 2.82 bits per heavy atom. The molecular weight excluding hydrogens is 216 g/mol. The molecule has 0 saturated heterocycles. The standard InChI is InChI=1S/C14H16O3/c1-14(2,3)17-13(15)11-6-7-12-10(9-11)5-4-8-16-12/h4-7,9H,8H2,1-3H3. The number of hydrogen-bond donors (Lipinski definition) is 0. The van der Waals surface area contributed by atoms with Crippen LogP contribution in [0.5, 0.6) is 5.75 Å². The molecule has 0 radical (unpaired) electrons. The van der Waals surface area contributed by atoms with Crippen LogP contribution in [0.3, 0.4) is 0 Å². The van der Waals surface area contributed by atoms with Crippen LogP contribution >= 0.6 is 0 Å². The topological polar surface area (TPSA) is 35.5 Å². The van der Waals surface area contributed by atoms with Crippen molar-refractivity contribution in [2.45, 2.75) is 26.4 Å². The van der Waals surface area contributed by atoms with Crippen molar-refractivity contribution in [3.63, 3.8) is 0 Å². The molecule has 0 aromatic heterocycles. The van der Waals surface area contributed by atoms with Crippen molar-refractivity contribution in [1.29, 1.82) is 0 Å². The zero-order valence-corrected chi connectivity index (χ0v) is 10.3. The molecule has 3 heteroatoms. The van der Waals surface area contributed by atoms with Crippen LogP contribution in [0, 0.1) is 0 Å². The zero-order valence-electron chi connectivity index (χ0n) is 10.3. The van der Waals surface area contributed by atoms with Crippen LogP contribution in [0.15, 0.2) is 24.3 Å². The van der Waals surface area contributed by atoms with Gasteiger partial charge >= 0.3 is 5.97 Å². The Balaban J connectivity index is 2.23. The molecule has 0 aliphatic carbocycles. The highest BCUT2D eigenvalue weighted by atomic mass is 16.6. The predicted octanol–water partition coefficient (Wildman–Crippen LogP) is 3.05. The highest BCUT2D eigenvalue weighted by Crippen LogP contribution is 2.25. The Bertz CT molecular complexity index is 467. The first kappa shape index (κ1) is 11.7. The molecule has 0 N–H and O–H groups in total. The summed E-state index contributed by atoms with van der Waals surface area (Å²) in [5.41, 5.74) is 0.993. The van der Waals surface area contributed by atoms with E-state index < -0.39 is 5.60 Å². The van der Waals surface area contributed by atoms with Gasteiger partial charge in [-0.2, -0.15) is 0 Å². The zero-order chi connectivity index (χ0) is 12.5. The van der Waals surface area contributed by atoms with E-state index in [1.165, 1.54) is 0 Å². The minimum atomic E-state index is -0.473. The SMILES string of the molecule is CC(C)(C)OC(=O)c1ccc2c(c1)C=CCO2. The number of ether oxygens (including phenoxy) is 2. The minimum Gasteiger partial charge on any atom is -0.489 e. The third-order valence-corrected chi connectivity index (χ3v) is 2.28. The van der Waals surface area contributed by atoms with Gasteiger partial charge in [-0.1, -0.05) is 6.08 Å². The lowest BCUT2D eigenvalue weighted by atomic mass is 10.1. The molecular formula is C14H16O3. The summed E-state index contributed by atoms with van der Waals surface area (Å²) < 4.78 is 10.7. The number of hydrogen-bond acceptors (Lipinski definition) is 3. The molecule has 2 rings (SSSR count). The second-order valence-corrected chi connectivity index (χ2v) is 4.97. The van der Waals surface area contributed by atoms with Crippen molar-refractivity contribution in [3.8, 4) is 5.75 Å². The second kappa shape index (κ2) is 4.24. The van der Waals surface area contributed by atoms with Gasteiger partial charge in [0, 0.05) is 5.56 Å². The number of carbonyl (C=O) groups excluding carboxylic acids is 1. The van der Waals surface area contributed by atoms with Crippen LogP contribution in [0.25, 0.3) is 6.08 Å². The van der Waals surface area contributed by atoms with Crippen LogP contribution in [0.1, 0.15) is 36.7 Å². The lowest BCUT2D eigenvalue weighted by molar-refractivity contribution is 0.00695. The number of benzene rings is 1. The van der Waals surface area contributed by atoms with Crippen LogP contribution in [0.2, 0.25) is 0 Å². The van der Waals surface area contributed by atoms with E-state index in [0.717, 1.165) is 11.3 Å². The monoisotopic (exact) mass is 232 g/mol. The van der Waals surface area contributed by atoms with Crippen molar-refractivity contribution in [2.24, 2.45) is 0 Å². The first-order valence-corrected chi connectivity index (χ1v) is 5.62. The maximum atomic E-state index is 11.9. The van der Waals surface area contributed by atoms with Crippen molar-refractivity contribution in [1.82, 2.24) is 0 Å². The molecule has 0 spiro atoms. The Morgan fingerprint density at radius 1 is 1.35 bits per heavy atom. The van der Waals surface area contributed by atoms with Crippen molar-refractivity contribution < 1.29 is 14.3 Å². The predicted molar refractivity (Wildman–Crippen MR) is 66.1 cm³/mol. The van der Waals surface area contributed by atoms with E-state index in [0.29, 0.717) is 12.2 Å². The summed E-state index contributed by atoms with van der Waals surface area (Å²) >= 11 is 0. The van der Waals surface area contributed by atoms with Crippen LogP contribution in [-0.2, 0) is 4.74 Å². The highest BCUT2D eigenvalue weighted by molar-refractivity contribution is 5.91. The smallest absolute Gasteiger partial charge is 0.338 e. The molecule has 17 heavy (non-hydrogen) atoms. The van der Waals surface area contributed by atoms with Gasteiger partial charge in [0.2, 0.25) is 0 Å². The summed E-state index contributed by atoms with van der Waals surface area (Å²) in [6.07, 6.45) is 3.87. The number of fused-ring (bicyclic) bond motifs is 1. The van der Waals surface area contributed by atoms with Gasteiger partial charge in [-0.05, 0) is 45.0 Å². The molecule has 0 unspecified atom stereocenters. The lowest BCUT2D eigenvalue weighted by Gasteiger charge is -2.20. The largest absolute Gasteiger partial charge is 0.489 e. The summed E-state index contributed by atoms with van der Waals surface area (Å²) in [6.45, 7) is 6.14. The second-order valence-electron chi connectivity index (χ2n) is 4.97. The summed E-state index contributed by atoms with van der Waals surface area (Å²) in [7, 11) is 0. The third-order valence-electron chi connectivity index (χ3n) is 2.28. The Labute approximate surface area is 101 Å². The van der Waals surface area contributed by atoms with Crippen LogP contribution < -0.4 is 4.74 Å². The lowest BCUT2D eigenvalue weighted by Crippen LogP contribution is -2.24. The van der Waals surface area contributed by atoms with E-state index in [4.69, 9.17) is 9.47 Å². The molecule has 1 aliphatic rings. The fourth-order valence-corrected chi connectivity index (χ4v) is 1.59. The molecule has 1 heterocycles. The van der Waals surface area contributed by atoms with Gasteiger partial charge in [0.25, 0.3) is 0 Å². The summed E-state index contributed by atoms with van der Waals surface area (Å²) in [4.78, 5) is 11.9. The van der Waals surface area contributed by atoms with E-state index in [-0.39, 0.29) is 5.97 Å². The Hall–Kier alpha value is -1.77. The van der Waals surface area contributed by atoms with Crippen molar-refractivity contribution in [2.75, 3.05) is 6.61 Å². The molecule has 0 bridgehead atoms. The van der Waals surface area contributed by atoms with Gasteiger partial charge in [0.15, 0.2) is 0 Å². The number of esters is 1. The molecule has 90 valence electrons. The molecule has 3 nitrogen and oxygen atoms in total. The Kier molecular flexibility index (Phi) is 2.92. The van der Waals surface area contributed by atoms with Gasteiger partial charge in [-0.15, -0.1) is 0 Å². The summed E-state index contributed by atoms with van der Waals surface area (Å²) in [5, 5.41) is 0.